The SMILES string of the molecule is CNS(=O)(=O)c1cccc(C(=O)NCC(=O)NC2CC2)c1. The molecule has 1 fully saturated rings. The summed E-state index contributed by atoms with van der Waals surface area (Å²) in [5.41, 5.74) is 0.186. The third kappa shape index (κ3) is 4.27. The summed E-state index contributed by atoms with van der Waals surface area (Å²) in [6, 6.07) is 5.85. The summed E-state index contributed by atoms with van der Waals surface area (Å²) < 4.78 is 25.5. The van der Waals surface area contributed by atoms with Crippen LogP contribution in [-0.2, 0) is 14.8 Å². The average molecular weight is 311 g/mol. The van der Waals surface area contributed by atoms with E-state index in [9.17, 15) is 18.0 Å². The zero-order valence-electron chi connectivity index (χ0n) is 11.5. The lowest BCUT2D eigenvalue weighted by Crippen LogP contribution is -2.37. The van der Waals surface area contributed by atoms with E-state index in [0.29, 0.717) is 0 Å². The summed E-state index contributed by atoms with van der Waals surface area (Å²) in [5, 5.41) is 5.21. The molecule has 0 spiro atoms. The average Bonchev–Trinajstić information content (AvgIpc) is 3.28. The summed E-state index contributed by atoms with van der Waals surface area (Å²) in [6.45, 7) is -0.127. The number of sulfonamides is 1. The lowest BCUT2D eigenvalue weighted by Gasteiger charge is -2.07. The van der Waals surface area contributed by atoms with Gasteiger partial charge in [-0.25, -0.2) is 13.1 Å². The molecule has 3 N–H and O–H groups in total. The molecule has 1 aliphatic rings. The highest BCUT2D eigenvalue weighted by Gasteiger charge is 2.23. The Morgan fingerprint density at radius 2 is 2.00 bits per heavy atom. The maximum absolute atomic E-state index is 11.9. The fraction of sp³-hybridized carbons (Fsp3) is 0.385. The molecule has 0 radical (unpaired) electrons. The standard InChI is InChI=1S/C13H17N3O4S/c1-14-21(19,20)11-4-2-3-9(7-11)13(18)15-8-12(17)16-10-5-6-10/h2-4,7,10,14H,5-6,8H2,1H3,(H,15,18)(H,16,17). The largest absolute Gasteiger partial charge is 0.352 e. The predicted octanol–water partition coefficient (Wildman–Crippen LogP) is -0.397. The number of carbonyl (C=O) groups excluding carboxylic acids is 2. The van der Waals surface area contributed by atoms with E-state index in [1.807, 2.05) is 0 Å². The first-order chi connectivity index (χ1) is 9.92. The Balaban J connectivity index is 1.98. The Morgan fingerprint density at radius 3 is 2.62 bits per heavy atom. The van der Waals surface area contributed by atoms with E-state index in [1.165, 1.54) is 31.3 Å². The minimum Gasteiger partial charge on any atom is -0.352 e. The van der Waals surface area contributed by atoms with Crippen LogP contribution in [0.25, 0.3) is 0 Å². The van der Waals surface area contributed by atoms with Gasteiger partial charge in [-0.1, -0.05) is 6.07 Å². The summed E-state index contributed by atoms with van der Waals surface area (Å²) in [7, 11) is -2.31. The molecule has 1 saturated carbocycles. The van der Waals surface area contributed by atoms with Crippen LogP contribution < -0.4 is 15.4 Å². The first kappa shape index (κ1) is 15.5. The van der Waals surface area contributed by atoms with E-state index in [4.69, 9.17) is 0 Å². The Labute approximate surface area is 123 Å². The van der Waals surface area contributed by atoms with Gasteiger partial charge >= 0.3 is 0 Å². The molecule has 7 nitrogen and oxygen atoms in total. The van der Waals surface area contributed by atoms with Gasteiger partial charge in [-0.2, -0.15) is 0 Å². The normalized spacial score (nSPS) is 14.5. The van der Waals surface area contributed by atoms with Crippen LogP contribution >= 0.6 is 0 Å². The predicted molar refractivity (Wildman–Crippen MR) is 76.2 cm³/mol. The van der Waals surface area contributed by atoms with Crippen LogP contribution in [0.5, 0.6) is 0 Å². The van der Waals surface area contributed by atoms with Gasteiger partial charge in [0.25, 0.3) is 5.91 Å². The van der Waals surface area contributed by atoms with Crippen molar-refractivity contribution in [3.8, 4) is 0 Å². The second kappa shape index (κ2) is 6.23. The Kier molecular flexibility index (Phi) is 4.59. The smallest absolute Gasteiger partial charge is 0.251 e. The van der Waals surface area contributed by atoms with E-state index >= 15 is 0 Å². The van der Waals surface area contributed by atoms with E-state index in [-0.39, 0.29) is 29.0 Å². The van der Waals surface area contributed by atoms with Crippen molar-refractivity contribution in [3.63, 3.8) is 0 Å². The number of benzene rings is 1. The third-order valence-corrected chi connectivity index (χ3v) is 4.44. The van der Waals surface area contributed by atoms with E-state index < -0.39 is 15.9 Å². The van der Waals surface area contributed by atoms with Crippen molar-refractivity contribution < 1.29 is 18.0 Å². The monoisotopic (exact) mass is 311 g/mol. The molecule has 0 heterocycles. The topological polar surface area (TPSA) is 104 Å². The lowest BCUT2D eigenvalue weighted by molar-refractivity contribution is -0.120. The molecular formula is C13H17N3O4S. The van der Waals surface area contributed by atoms with Gasteiger partial charge in [0.2, 0.25) is 15.9 Å². The van der Waals surface area contributed by atoms with Gasteiger partial charge in [0.15, 0.2) is 0 Å². The molecular weight excluding hydrogens is 294 g/mol. The summed E-state index contributed by atoms with van der Waals surface area (Å²) >= 11 is 0. The molecule has 1 aliphatic carbocycles. The molecule has 2 amide bonds. The Bertz CT molecular complexity index is 653. The highest BCUT2D eigenvalue weighted by Crippen LogP contribution is 2.18. The molecule has 0 unspecified atom stereocenters. The van der Waals surface area contributed by atoms with Gasteiger partial charge < -0.3 is 10.6 Å². The fourth-order valence-electron chi connectivity index (χ4n) is 1.69. The number of hydrogen-bond acceptors (Lipinski definition) is 4. The van der Waals surface area contributed by atoms with Crippen LogP contribution in [0.1, 0.15) is 23.2 Å². The minimum absolute atomic E-state index is 0.0000759. The van der Waals surface area contributed by atoms with E-state index in [1.54, 1.807) is 0 Å². The molecule has 2 rings (SSSR count). The number of nitrogens with one attached hydrogen (secondary N) is 3. The molecule has 0 aliphatic heterocycles. The van der Waals surface area contributed by atoms with Gasteiger partial charge in [-0.15, -0.1) is 0 Å². The second-order valence-electron chi connectivity index (χ2n) is 4.76. The number of rotatable bonds is 6. The quantitative estimate of drug-likeness (QED) is 0.665. The number of hydrogen-bond donors (Lipinski definition) is 3. The molecule has 0 atom stereocenters. The molecule has 0 aromatic heterocycles. The first-order valence-corrected chi connectivity index (χ1v) is 8.02. The summed E-state index contributed by atoms with van der Waals surface area (Å²) in [5.74, 6) is -0.737. The molecule has 114 valence electrons. The number of amides is 2. The zero-order chi connectivity index (χ0) is 15.5. The molecule has 1 aromatic carbocycles. The van der Waals surface area contributed by atoms with Crippen molar-refractivity contribution in [2.75, 3.05) is 13.6 Å². The van der Waals surface area contributed by atoms with Crippen molar-refractivity contribution in [1.29, 1.82) is 0 Å². The highest BCUT2D eigenvalue weighted by atomic mass is 32.2. The van der Waals surface area contributed by atoms with Crippen LogP contribution in [0.4, 0.5) is 0 Å². The Morgan fingerprint density at radius 1 is 1.29 bits per heavy atom. The Hall–Kier alpha value is -1.93. The molecule has 0 bridgehead atoms. The molecule has 0 saturated heterocycles. The van der Waals surface area contributed by atoms with Crippen LogP contribution in [0.3, 0.4) is 0 Å². The van der Waals surface area contributed by atoms with Crippen LogP contribution in [0, 0.1) is 0 Å². The van der Waals surface area contributed by atoms with E-state index in [0.717, 1.165) is 12.8 Å². The van der Waals surface area contributed by atoms with Crippen LogP contribution in [0.15, 0.2) is 29.2 Å². The van der Waals surface area contributed by atoms with Crippen LogP contribution in [-0.4, -0.2) is 39.9 Å². The van der Waals surface area contributed by atoms with Crippen molar-refractivity contribution in [1.82, 2.24) is 15.4 Å². The third-order valence-electron chi connectivity index (χ3n) is 3.03. The van der Waals surface area contributed by atoms with Gasteiger partial charge in [0, 0.05) is 11.6 Å². The summed E-state index contributed by atoms with van der Waals surface area (Å²) in [6.07, 6.45) is 1.95. The molecule has 8 heteroatoms. The highest BCUT2D eigenvalue weighted by molar-refractivity contribution is 7.89. The van der Waals surface area contributed by atoms with Gasteiger partial charge in [0.05, 0.1) is 11.4 Å². The van der Waals surface area contributed by atoms with Gasteiger partial charge in [-0.3, -0.25) is 9.59 Å². The first-order valence-electron chi connectivity index (χ1n) is 6.53. The molecule has 21 heavy (non-hydrogen) atoms. The maximum Gasteiger partial charge on any atom is 0.251 e. The molecule has 1 aromatic rings. The zero-order valence-corrected chi connectivity index (χ0v) is 12.4. The van der Waals surface area contributed by atoms with Crippen molar-refractivity contribution >= 4 is 21.8 Å². The van der Waals surface area contributed by atoms with E-state index in [2.05, 4.69) is 15.4 Å². The summed E-state index contributed by atoms with van der Waals surface area (Å²) in [4.78, 5) is 23.4. The van der Waals surface area contributed by atoms with Gasteiger partial charge in [-0.05, 0) is 38.1 Å². The maximum atomic E-state index is 11.9. The van der Waals surface area contributed by atoms with Gasteiger partial charge in [0.1, 0.15) is 0 Å². The fourth-order valence-corrected chi connectivity index (χ4v) is 2.47. The minimum atomic E-state index is -3.60. The van der Waals surface area contributed by atoms with Crippen LogP contribution in [0.2, 0.25) is 0 Å². The van der Waals surface area contributed by atoms with Crippen molar-refractivity contribution in [3.05, 3.63) is 29.8 Å². The second-order valence-corrected chi connectivity index (χ2v) is 6.65. The van der Waals surface area contributed by atoms with Crippen molar-refractivity contribution in [2.24, 2.45) is 0 Å². The van der Waals surface area contributed by atoms with Crippen molar-refractivity contribution in [2.45, 2.75) is 23.8 Å². The lowest BCUT2D eigenvalue weighted by atomic mass is 10.2. The number of carbonyl (C=O) groups is 2.